The highest BCUT2D eigenvalue weighted by Gasteiger charge is 2.29. The molecule has 1 aromatic rings. The van der Waals surface area contributed by atoms with E-state index in [0.717, 1.165) is 19.4 Å². The number of β-amino-alcohol motifs (C(OH)–C–C–N with tert-alkyl or cyclic N) is 1. The van der Waals surface area contributed by atoms with E-state index in [9.17, 15) is 14.3 Å². The van der Waals surface area contributed by atoms with Gasteiger partial charge in [0.15, 0.2) is 0 Å². The summed E-state index contributed by atoms with van der Waals surface area (Å²) in [6.07, 6.45) is 2.87. The Balaban J connectivity index is 0.000000379. The number of aliphatic hydroxyl groups excluding tert-OH is 1. The molecule has 0 spiro atoms. The molecule has 0 saturated carbocycles. The van der Waals surface area contributed by atoms with Crippen LogP contribution in [0.1, 0.15) is 31.7 Å². The van der Waals surface area contributed by atoms with Crippen molar-refractivity contribution in [3.8, 4) is 0 Å². The molecule has 5 heteroatoms. The molecule has 1 saturated heterocycles. The zero-order valence-corrected chi connectivity index (χ0v) is 14.2. The van der Waals surface area contributed by atoms with Gasteiger partial charge in [-0.2, -0.15) is 0 Å². The van der Waals surface area contributed by atoms with Crippen molar-refractivity contribution in [2.45, 2.75) is 44.8 Å². The van der Waals surface area contributed by atoms with Crippen molar-refractivity contribution in [3.05, 3.63) is 35.9 Å². The number of rotatable bonds is 6. The Labute approximate surface area is 138 Å². The number of nitrogens with zero attached hydrogens (tertiary/aromatic N) is 1. The molecule has 1 aliphatic heterocycles. The number of nitrogens with one attached hydrogen (secondary N) is 1. The number of carbonyl (C=O) groups is 1. The van der Waals surface area contributed by atoms with Crippen LogP contribution in [-0.2, 0) is 11.2 Å². The summed E-state index contributed by atoms with van der Waals surface area (Å²) in [6.45, 7) is 2.98. The standard InChI is InChI=1S/C14H20FNO.C4H9NO/c15-10-13-9-14(17)11-16(13)8-4-7-12-5-2-1-3-6-12;1-3-4(6)5-2/h1-3,5-6,13-14,17H,4,7-11H2;3H2,1-2H3,(H,5,6). The lowest BCUT2D eigenvalue weighted by atomic mass is 10.1. The predicted octanol–water partition coefficient (Wildman–Crippen LogP) is 2.17. The third-order valence-corrected chi connectivity index (χ3v) is 4.04. The van der Waals surface area contributed by atoms with E-state index in [4.69, 9.17) is 0 Å². The van der Waals surface area contributed by atoms with Gasteiger partial charge in [0.2, 0.25) is 5.91 Å². The summed E-state index contributed by atoms with van der Waals surface area (Å²) in [5.41, 5.74) is 1.32. The van der Waals surface area contributed by atoms with Crippen LogP contribution in [-0.4, -0.2) is 54.9 Å². The lowest BCUT2D eigenvalue weighted by molar-refractivity contribution is -0.120. The Bertz CT molecular complexity index is 436. The van der Waals surface area contributed by atoms with Crippen molar-refractivity contribution < 1.29 is 14.3 Å². The molecule has 2 unspecified atom stereocenters. The van der Waals surface area contributed by atoms with Gasteiger partial charge in [-0.3, -0.25) is 9.69 Å². The van der Waals surface area contributed by atoms with Gasteiger partial charge < -0.3 is 10.4 Å². The quantitative estimate of drug-likeness (QED) is 0.843. The molecule has 0 aromatic heterocycles. The maximum atomic E-state index is 12.7. The lowest BCUT2D eigenvalue weighted by Crippen LogP contribution is -2.32. The fourth-order valence-electron chi connectivity index (χ4n) is 2.70. The maximum absolute atomic E-state index is 12.7. The number of likely N-dealkylation sites (tertiary alicyclic amines) is 1. The number of hydrogen-bond acceptors (Lipinski definition) is 3. The van der Waals surface area contributed by atoms with Gasteiger partial charge in [-0.05, 0) is 31.4 Å². The highest BCUT2D eigenvalue weighted by molar-refractivity contribution is 5.74. The first-order valence-electron chi connectivity index (χ1n) is 8.33. The van der Waals surface area contributed by atoms with Crippen LogP contribution in [0.2, 0.25) is 0 Å². The van der Waals surface area contributed by atoms with E-state index in [-0.39, 0.29) is 24.7 Å². The zero-order valence-electron chi connectivity index (χ0n) is 14.2. The third-order valence-electron chi connectivity index (χ3n) is 4.04. The molecule has 0 bridgehead atoms. The molecule has 0 aliphatic carbocycles. The zero-order chi connectivity index (χ0) is 17.1. The Morgan fingerprint density at radius 2 is 2.09 bits per heavy atom. The van der Waals surface area contributed by atoms with E-state index in [1.165, 1.54) is 5.56 Å². The van der Waals surface area contributed by atoms with E-state index in [1.807, 2.05) is 25.1 Å². The fraction of sp³-hybridized carbons (Fsp3) is 0.611. The topological polar surface area (TPSA) is 52.6 Å². The van der Waals surface area contributed by atoms with Crippen molar-refractivity contribution in [3.63, 3.8) is 0 Å². The summed E-state index contributed by atoms with van der Waals surface area (Å²) >= 11 is 0. The summed E-state index contributed by atoms with van der Waals surface area (Å²) in [5.74, 6) is 0.0926. The SMILES string of the molecule is CCC(=O)NC.OC1CC(CF)N(CCCc2ccccc2)C1. The fourth-order valence-corrected chi connectivity index (χ4v) is 2.70. The van der Waals surface area contributed by atoms with Gasteiger partial charge in [0, 0.05) is 26.1 Å². The Morgan fingerprint density at radius 1 is 1.39 bits per heavy atom. The Morgan fingerprint density at radius 3 is 2.61 bits per heavy atom. The monoisotopic (exact) mass is 324 g/mol. The van der Waals surface area contributed by atoms with Crippen LogP contribution >= 0.6 is 0 Å². The predicted molar refractivity (Wildman–Crippen MR) is 91.1 cm³/mol. The van der Waals surface area contributed by atoms with Gasteiger partial charge in [-0.1, -0.05) is 37.3 Å². The molecule has 1 aliphatic rings. The average Bonchev–Trinajstić information content (AvgIpc) is 2.95. The minimum absolute atomic E-state index is 0.0687. The molecule has 1 fully saturated rings. The van der Waals surface area contributed by atoms with Crippen LogP contribution in [0.15, 0.2) is 30.3 Å². The third kappa shape index (κ3) is 7.57. The molecule has 1 heterocycles. The molecule has 1 amide bonds. The van der Waals surface area contributed by atoms with Gasteiger partial charge >= 0.3 is 0 Å². The number of halogens is 1. The molecule has 2 atom stereocenters. The van der Waals surface area contributed by atoms with E-state index in [0.29, 0.717) is 19.4 Å². The second kappa shape index (κ2) is 11.1. The van der Waals surface area contributed by atoms with Crippen molar-refractivity contribution in [1.29, 1.82) is 0 Å². The molecule has 130 valence electrons. The van der Waals surface area contributed by atoms with E-state index in [2.05, 4.69) is 22.3 Å². The van der Waals surface area contributed by atoms with Crippen LogP contribution in [0.3, 0.4) is 0 Å². The first kappa shape index (κ1) is 19.6. The largest absolute Gasteiger partial charge is 0.392 e. The maximum Gasteiger partial charge on any atom is 0.219 e. The van der Waals surface area contributed by atoms with Crippen LogP contribution in [0.4, 0.5) is 4.39 Å². The van der Waals surface area contributed by atoms with E-state index >= 15 is 0 Å². The summed E-state index contributed by atoms with van der Waals surface area (Å²) in [5, 5.41) is 12.0. The molecule has 0 radical (unpaired) electrons. The minimum Gasteiger partial charge on any atom is -0.392 e. The second-order valence-electron chi connectivity index (χ2n) is 5.81. The smallest absolute Gasteiger partial charge is 0.219 e. The van der Waals surface area contributed by atoms with Crippen molar-refractivity contribution in [1.82, 2.24) is 10.2 Å². The van der Waals surface area contributed by atoms with Gasteiger partial charge in [0.1, 0.15) is 6.67 Å². The second-order valence-corrected chi connectivity index (χ2v) is 5.81. The van der Waals surface area contributed by atoms with Crippen LogP contribution in [0, 0.1) is 0 Å². The number of benzene rings is 1. The number of aliphatic hydroxyl groups is 1. The number of amides is 1. The molecule has 23 heavy (non-hydrogen) atoms. The first-order chi connectivity index (χ1) is 11.1. The molecule has 4 nitrogen and oxygen atoms in total. The van der Waals surface area contributed by atoms with Crippen LogP contribution in [0.5, 0.6) is 0 Å². The van der Waals surface area contributed by atoms with E-state index in [1.54, 1.807) is 7.05 Å². The van der Waals surface area contributed by atoms with Crippen molar-refractivity contribution >= 4 is 5.91 Å². The molecular formula is C18H29FN2O2. The van der Waals surface area contributed by atoms with Gasteiger partial charge in [0.05, 0.1) is 6.10 Å². The number of aryl methyl sites for hydroxylation is 1. The lowest BCUT2D eigenvalue weighted by Gasteiger charge is -2.21. The Hall–Kier alpha value is -1.46. The molecule has 2 rings (SSSR count). The first-order valence-corrected chi connectivity index (χ1v) is 8.33. The van der Waals surface area contributed by atoms with Gasteiger partial charge in [-0.25, -0.2) is 4.39 Å². The highest BCUT2D eigenvalue weighted by Crippen LogP contribution is 2.18. The molecule has 1 aromatic carbocycles. The number of alkyl halides is 1. The van der Waals surface area contributed by atoms with Gasteiger partial charge in [-0.15, -0.1) is 0 Å². The summed E-state index contributed by atoms with van der Waals surface area (Å²) in [4.78, 5) is 12.1. The van der Waals surface area contributed by atoms with Crippen LogP contribution < -0.4 is 5.32 Å². The molecule has 2 N–H and O–H groups in total. The molecular weight excluding hydrogens is 295 g/mol. The Kier molecular flexibility index (Phi) is 9.48. The van der Waals surface area contributed by atoms with E-state index < -0.39 is 0 Å². The summed E-state index contributed by atoms with van der Waals surface area (Å²) in [7, 11) is 1.63. The average molecular weight is 324 g/mol. The number of hydrogen-bond donors (Lipinski definition) is 2. The number of carbonyl (C=O) groups excluding carboxylic acids is 1. The minimum atomic E-state index is -0.345. The summed E-state index contributed by atoms with van der Waals surface area (Å²) in [6, 6.07) is 10.3. The van der Waals surface area contributed by atoms with Crippen LogP contribution in [0.25, 0.3) is 0 Å². The van der Waals surface area contributed by atoms with Crippen molar-refractivity contribution in [2.75, 3.05) is 26.8 Å². The van der Waals surface area contributed by atoms with Crippen molar-refractivity contribution in [2.24, 2.45) is 0 Å². The van der Waals surface area contributed by atoms with Gasteiger partial charge in [0.25, 0.3) is 0 Å². The normalized spacial score (nSPS) is 20.7. The summed E-state index contributed by atoms with van der Waals surface area (Å²) < 4.78 is 12.7. The highest BCUT2D eigenvalue weighted by atomic mass is 19.1.